The molecule has 6 nitrogen and oxygen atoms in total. The third-order valence-corrected chi connectivity index (χ3v) is 11.4. The average molecular weight is 715 g/mol. The van der Waals surface area contributed by atoms with E-state index in [4.69, 9.17) is 15.4 Å². The van der Waals surface area contributed by atoms with E-state index in [2.05, 4.69) is 117 Å². The summed E-state index contributed by atoms with van der Waals surface area (Å²) in [6, 6.07) is 55.9. The predicted molar refractivity (Wildman–Crippen MR) is 226 cm³/mol. The van der Waals surface area contributed by atoms with Crippen molar-refractivity contribution in [1.29, 1.82) is 5.26 Å². The molecule has 0 saturated carbocycles. The van der Waals surface area contributed by atoms with Gasteiger partial charge in [0.15, 0.2) is 5.69 Å². The summed E-state index contributed by atoms with van der Waals surface area (Å²) in [7, 11) is 0. The summed E-state index contributed by atoms with van der Waals surface area (Å²) >= 11 is 0. The fraction of sp³-hybridized carbons (Fsp3) is 0. The van der Waals surface area contributed by atoms with Crippen LogP contribution in [0.1, 0.15) is 5.56 Å². The maximum absolute atomic E-state index is 10.4. The minimum Gasteiger partial charge on any atom is -0.456 e. The molecule has 0 aliphatic rings. The van der Waals surface area contributed by atoms with E-state index in [-0.39, 0.29) is 0 Å². The highest BCUT2D eigenvalue weighted by molar-refractivity contribution is 6.26. The normalized spacial score (nSPS) is 11.9. The number of para-hydroxylation sites is 4. The standard InChI is InChI=1S/C50H26N4O2/c1-52-30-19-21-34(42(27-30)54-40-15-7-3-11-32(40)36-23-25-46-48(50(36)54)38-13-5-9-17-44(38)56-46)33-20-18-29(28-51)26-41(33)53-39-14-6-2-10-31(39)35-22-24-45-47(49(35)53)37-12-4-8-16-43(37)55-45/h2-27H. The van der Waals surface area contributed by atoms with Gasteiger partial charge in [-0.25, -0.2) is 4.85 Å². The summed E-state index contributed by atoms with van der Waals surface area (Å²) in [5, 5.41) is 18.9. The van der Waals surface area contributed by atoms with Gasteiger partial charge >= 0.3 is 0 Å². The highest BCUT2D eigenvalue weighted by Crippen LogP contribution is 2.46. The molecule has 0 spiro atoms. The molecule has 0 aliphatic heterocycles. The van der Waals surface area contributed by atoms with Gasteiger partial charge in [0.1, 0.15) is 22.3 Å². The van der Waals surface area contributed by atoms with Crippen LogP contribution in [-0.2, 0) is 0 Å². The summed E-state index contributed by atoms with van der Waals surface area (Å²) in [6.07, 6.45) is 0. The molecule has 4 aromatic heterocycles. The number of benzene rings is 8. The molecule has 56 heavy (non-hydrogen) atoms. The molecule has 258 valence electrons. The molecule has 0 N–H and O–H groups in total. The molecule has 12 rings (SSSR count). The van der Waals surface area contributed by atoms with Crippen LogP contribution in [0.3, 0.4) is 0 Å². The molecule has 0 atom stereocenters. The van der Waals surface area contributed by atoms with Crippen LogP contribution in [-0.4, -0.2) is 9.13 Å². The van der Waals surface area contributed by atoms with Crippen molar-refractivity contribution in [1.82, 2.24) is 9.13 Å². The monoisotopic (exact) mass is 714 g/mol. The maximum atomic E-state index is 10.4. The van der Waals surface area contributed by atoms with Crippen LogP contribution in [0, 0.1) is 17.9 Å². The highest BCUT2D eigenvalue weighted by Gasteiger charge is 2.25. The Bertz CT molecular complexity index is 3500. The third-order valence-electron chi connectivity index (χ3n) is 11.4. The number of aromatic nitrogens is 2. The summed E-state index contributed by atoms with van der Waals surface area (Å²) in [5.41, 5.74) is 11.9. The van der Waals surface area contributed by atoms with E-state index < -0.39 is 0 Å². The Labute approximate surface area is 318 Å². The number of hydrogen-bond acceptors (Lipinski definition) is 3. The van der Waals surface area contributed by atoms with Gasteiger partial charge in [0.05, 0.1) is 56.7 Å². The zero-order valence-corrected chi connectivity index (χ0v) is 29.6. The van der Waals surface area contributed by atoms with E-state index in [9.17, 15) is 5.26 Å². The van der Waals surface area contributed by atoms with Crippen molar-refractivity contribution < 1.29 is 8.83 Å². The van der Waals surface area contributed by atoms with E-state index in [0.29, 0.717) is 11.3 Å². The van der Waals surface area contributed by atoms with Crippen molar-refractivity contribution in [3.63, 3.8) is 0 Å². The second-order valence-electron chi connectivity index (χ2n) is 14.2. The maximum Gasteiger partial charge on any atom is 0.189 e. The summed E-state index contributed by atoms with van der Waals surface area (Å²) in [4.78, 5) is 3.94. The van der Waals surface area contributed by atoms with Crippen LogP contribution in [0.4, 0.5) is 5.69 Å². The topological polar surface area (TPSA) is 64.3 Å². The first kappa shape index (κ1) is 30.4. The Morgan fingerprint density at radius 3 is 1.48 bits per heavy atom. The molecule has 0 saturated heterocycles. The molecule has 4 heterocycles. The zero-order valence-electron chi connectivity index (χ0n) is 29.6. The van der Waals surface area contributed by atoms with Crippen LogP contribution in [0.5, 0.6) is 0 Å². The van der Waals surface area contributed by atoms with Gasteiger partial charge < -0.3 is 18.0 Å². The molecule has 0 radical (unpaired) electrons. The van der Waals surface area contributed by atoms with Crippen LogP contribution in [0.15, 0.2) is 167 Å². The smallest absolute Gasteiger partial charge is 0.189 e. The van der Waals surface area contributed by atoms with E-state index in [0.717, 1.165) is 110 Å². The van der Waals surface area contributed by atoms with Crippen molar-refractivity contribution in [2.24, 2.45) is 0 Å². The Kier molecular flexibility index (Phi) is 6.10. The van der Waals surface area contributed by atoms with Crippen molar-refractivity contribution in [3.05, 3.63) is 175 Å². The fourth-order valence-corrected chi connectivity index (χ4v) is 9.05. The number of nitriles is 1. The summed E-state index contributed by atoms with van der Waals surface area (Å²) < 4.78 is 17.5. The van der Waals surface area contributed by atoms with Crippen molar-refractivity contribution in [2.75, 3.05) is 0 Å². The Hall–Kier alpha value is -8.06. The van der Waals surface area contributed by atoms with Crippen LogP contribution < -0.4 is 0 Å². The van der Waals surface area contributed by atoms with Crippen molar-refractivity contribution >= 4 is 93.2 Å². The predicted octanol–water partition coefficient (Wildman–Crippen LogP) is 13.8. The number of hydrogen-bond donors (Lipinski definition) is 0. The molecule has 12 aromatic rings. The van der Waals surface area contributed by atoms with Gasteiger partial charge in [0.25, 0.3) is 0 Å². The number of furan rings is 2. The van der Waals surface area contributed by atoms with E-state index >= 15 is 0 Å². The van der Waals surface area contributed by atoms with E-state index in [1.54, 1.807) is 0 Å². The molecular formula is C50H26N4O2. The second kappa shape index (κ2) is 11.2. The molecule has 0 aliphatic carbocycles. The SMILES string of the molecule is [C-]#[N+]c1ccc(-c2ccc(C#N)cc2-n2c3ccccc3c3ccc4oc5ccccc5c4c32)c(-n2c3ccccc3c3ccc4oc5ccccc5c4c32)c1. The highest BCUT2D eigenvalue weighted by atomic mass is 16.3. The largest absolute Gasteiger partial charge is 0.456 e. The van der Waals surface area contributed by atoms with E-state index in [1.165, 1.54) is 0 Å². The van der Waals surface area contributed by atoms with Crippen LogP contribution in [0.2, 0.25) is 0 Å². The molecule has 0 amide bonds. The quantitative estimate of drug-likeness (QED) is 0.171. The Morgan fingerprint density at radius 2 is 0.946 bits per heavy atom. The van der Waals surface area contributed by atoms with Gasteiger partial charge in [-0.3, -0.25) is 0 Å². The Morgan fingerprint density at radius 1 is 0.464 bits per heavy atom. The number of fused-ring (bicyclic) bond motifs is 14. The number of nitrogens with zero attached hydrogens (tertiary/aromatic N) is 4. The second-order valence-corrected chi connectivity index (χ2v) is 14.2. The first-order valence-electron chi connectivity index (χ1n) is 18.4. The molecule has 6 heteroatoms. The first-order valence-corrected chi connectivity index (χ1v) is 18.4. The fourth-order valence-electron chi connectivity index (χ4n) is 9.05. The lowest BCUT2D eigenvalue weighted by atomic mass is 9.98. The minimum absolute atomic E-state index is 0.526. The van der Waals surface area contributed by atoms with Gasteiger partial charge in [-0.2, -0.15) is 5.26 Å². The van der Waals surface area contributed by atoms with Gasteiger partial charge in [0, 0.05) is 49.1 Å². The summed E-state index contributed by atoms with van der Waals surface area (Å²) in [6.45, 7) is 8.15. The van der Waals surface area contributed by atoms with Gasteiger partial charge in [-0.15, -0.1) is 0 Å². The lowest BCUT2D eigenvalue weighted by Gasteiger charge is -2.19. The average Bonchev–Trinajstić information content (AvgIpc) is 4.00. The third kappa shape index (κ3) is 4.02. The van der Waals surface area contributed by atoms with Crippen molar-refractivity contribution in [3.8, 4) is 28.6 Å². The van der Waals surface area contributed by atoms with Gasteiger partial charge in [-0.1, -0.05) is 91.0 Å². The molecule has 0 fully saturated rings. The molecule has 0 unspecified atom stereocenters. The van der Waals surface area contributed by atoms with E-state index in [1.807, 2.05) is 60.7 Å². The molecule has 0 bridgehead atoms. The van der Waals surface area contributed by atoms with Crippen LogP contribution >= 0.6 is 0 Å². The van der Waals surface area contributed by atoms with Gasteiger partial charge in [-0.05, 0) is 66.7 Å². The summed E-state index contributed by atoms with van der Waals surface area (Å²) in [5.74, 6) is 0. The lowest BCUT2D eigenvalue weighted by Crippen LogP contribution is -2.02. The number of rotatable bonds is 3. The zero-order chi connectivity index (χ0) is 37.1. The molecule has 8 aromatic carbocycles. The molecular weight excluding hydrogens is 689 g/mol. The van der Waals surface area contributed by atoms with Gasteiger partial charge in [0.2, 0.25) is 0 Å². The minimum atomic E-state index is 0.526. The Balaban J connectivity index is 1.26. The lowest BCUT2D eigenvalue weighted by molar-refractivity contribution is 0.669. The first-order chi connectivity index (χ1) is 27.7. The van der Waals surface area contributed by atoms with Crippen molar-refractivity contribution in [2.45, 2.75) is 0 Å². The van der Waals surface area contributed by atoms with Crippen LogP contribution in [0.25, 0.3) is 115 Å².